The minimum atomic E-state index is -4.00. The zero-order chi connectivity index (χ0) is 24.1. The fourth-order valence-corrected chi connectivity index (χ4v) is 4.50. The van der Waals surface area contributed by atoms with E-state index in [1.54, 1.807) is 43.3 Å². The Kier molecular flexibility index (Phi) is 7.28. The van der Waals surface area contributed by atoms with E-state index in [0.29, 0.717) is 5.71 Å². The average molecular weight is 465 g/mol. The maximum Gasteiger partial charge on any atom is 0.265 e. The standard InChI is InChI=1S/C25H28N4O3S/c1-19(20-13-15-21(16-14-20)25(2,3)4)27-28-24(30)18-29(23-12-8-9-17-26-23)33(31,32)22-10-6-5-7-11-22/h5-17H,18H2,1-4H3,(H,28,30)/b27-19-. The lowest BCUT2D eigenvalue weighted by Crippen LogP contribution is -2.40. The number of aromatic nitrogens is 1. The number of pyridine rings is 1. The molecule has 172 valence electrons. The van der Waals surface area contributed by atoms with Crippen LogP contribution in [0.5, 0.6) is 0 Å². The minimum Gasteiger partial charge on any atom is -0.271 e. The van der Waals surface area contributed by atoms with Gasteiger partial charge >= 0.3 is 0 Å². The monoisotopic (exact) mass is 464 g/mol. The Morgan fingerprint density at radius 2 is 1.61 bits per heavy atom. The van der Waals surface area contributed by atoms with E-state index >= 15 is 0 Å². The zero-order valence-electron chi connectivity index (χ0n) is 19.2. The normalized spacial score (nSPS) is 12.3. The van der Waals surface area contributed by atoms with Crippen LogP contribution >= 0.6 is 0 Å². The second-order valence-corrected chi connectivity index (χ2v) is 10.4. The lowest BCUT2D eigenvalue weighted by Gasteiger charge is -2.22. The first-order chi connectivity index (χ1) is 15.6. The van der Waals surface area contributed by atoms with Crippen LogP contribution in [0.1, 0.15) is 38.8 Å². The lowest BCUT2D eigenvalue weighted by atomic mass is 9.86. The van der Waals surface area contributed by atoms with E-state index in [0.717, 1.165) is 9.87 Å². The Balaban J connectivity index is 1.79. The summed E-state index contributed by atoms with van der Waals surface area (Å²) in [6, 6.07) is 20.8. The molecule has 0 bridgehead atoms. The van der Waals surface area contributed by atoms with Crippen LogP contribution in [0, 0.1) is 0 Å². The van der Waals surface area contributed by atoms with Gasteiger partial charge in [0.25, 0.3) is 15.9 Å². The van der Waals surface area contributed by atoms with Crippen molar-refractivity contribution in [3.05, 3.63) is 90.1 Å². The molecule has 0 saturated carbocycles. The first-order valence-corrected chi connectivity index (χ1v) is 12.0. The van der Waals surface area contributed by atoms with E-state index in [4.69, 9.17) is 0 Å². The van der Waals surface area contributed by atoms with Gasteiger partial charge in [-0.15, -0.1) is 0 Å². The summed E-state index contributed by atoms with van der Waals surface area (Å²) >= 11 is 0. The number of nitrogens with zero attached hydrogens (tertiary/aromatic N) is 3. The summed E-state index contributed by atoms with van der Waals surface area (Å²) in [5.74, 6) is -0.430. The molecule has 0 atom stereocenters. The summed E-state index contributed by atoms with van der Waals surface area (Å²) in [5, 5.41) is 4.16. The van der Waals surface area contributed by atoms with Gasteiger partial charge in [0, 0.05) is 6.20 Å². The second-order valence-electron chi connectivity index (χ2n) is 8.57. The van der Waals surface area contributed by atoms with Crippen molar-refractivity contribution in [1.29, 1.82) is 0 Å². The van der Waals surface area contributed by atoms with Gasteiger partial charge in [-0.05, 0) is 47.7 Å². The number of carbonyl (C=O) groups excluding carboxylic acids is 1. The molecule has 0 unspecified atom stereocenters. The Morgan fingerprint density at radius 1 is 0.970 bits per heavy atom. The van der Waals surface area contributed by atoms with E-state index in [-0.39, 0.29) is 16.1 Å². The Hall–Kier alpha value is -3.52. The van der Waals surface area contributed by atoms with Crippen LogP contribution in [0.3, 0.4) is 0 Å². The molecule has 0 fully saturated rings. The maximum atomic E-state index is 13.2. The van der Waals surface area contributed by atoms with Gasteiger partial charge in [0.15, 0.2) is 0 Å². The van der Waals surface area contributed by atoms with E-state index < -0.39 is 22.5 Å². The van der Waals surface area contributed by atoms with Crippen LogP contribution in [0.2, 0.25) is 0 Å². The summed E-state index contributed by atoms with van der Waals surface area (Å²) in [6.07, 6.45) is 1.48. The predicted molar refractivity (Wildman–Crippen MR) is 131 cm³/mol. The molecule has 1 aromatic heterocycles. The van der Waals surface area contributed by atoms with Crippen molar-refractivity contribution in [1.82, 2.24) is 10.4 Å². The maximum absolute atomic E-state index is 13.2. The van der Waals surface area contributed by atoms with Crippen LogP contribution in [0.4, 0.5) is 5.82 Å². The van der Waals surface area contributed by atoms with Crippen molar-refractivity contribution < 1.29 is 13.2 Å². The first kappa shape index (κ1) is 24.1. The highest BCUT2D eigenvalue weighted by atomic mass is 32.2. The van der Waals surface area contributed by atoms with Crippen molar-refractivity contribution in [3.63, 3.8) is 0 Å². The van der Waals surface area contributed by atoms with Gasteiger partial charge in [-0.3, -0.25) is 4.79 Å². The number of rotatable bonds is 7. The van der Waals surface area contributed by atoms with Crippen LogP contribution in [0.15, 0.2) is 89.0 Å². The molecule has 0 saturated heterocycles. The quantitative estimate of drug-likeness (QED) is 0.421. The summed E-state index contributed by atoms with van der Waals surface area (Å²) in [4.78, 5) is 16.9. The van der Waals surface area contributed by atoms with Crippen molar-refractivity contribution in [2.24, 2.45) is 5.10 Å². The number of hydrogen-bond donors (Lipinski definition) is 1. The highest BCUT2D eigenvalue weighted by Gasteiger charge is 2.27. The molecule has 0 radical (unpaired) electrons. The van der Waals surface area contributed by atoms with Crippen LogP contribution < -0.4 is 9.73 Å². The summed E-state index contributed by atoms with van der Waals surface area (Å²) in [6.45, 7) is 7.73. The molecular weight excluding hydrogens is 436 g/mol. The fourth-order valence-electron chi connectivity index (χ4n) is 3.10. The molecule has 0 aliphatic rings. The largest absolute Gasteiger partial charge is 0.271 e. The molecule has 3 aromatic rings. The van der Waals surface area contributed by atoms with Gasteiger partial charge in [-0.25, -0.2) is 23.1 Å². The van der Waals surface area contributed by atoms with Crippen LogP contribution in [0.25, 0.3) is 0 Å². The predicted octanol–water partition coefficient (Wildman–Crippen LogP) is 4.11. The van der Waals surface area contributed by atoms with Crippen molar-refractivity contribution >= 4 is 27.5 Å². The third-order valence-corrected chi connectivity index (χ3v) is 6.80. The molecule has 8 heteroatoms. The Bertz CT molecular complexity index is 1220. The topological polar surface area (TPSA) is 91.7 Å². The average Bonchev–Trinajstić information content (AvgIpc) is 2.81. The SMILES string of the molecule is C/C(=N/NC(=O)CN(c1ccccn1)S(=O)(=O)c1ccccc1)c1ccc(C(C)(C)C)cc1. The van der Waals surface area contributed by atoms with Crippen LogP contribution in [-0.4, -0.2) is 31.6 Å². The third-order valence-electron chi connectivity index (χ3n) is 5.04. The summed E-state index contributed by atoms with van der Waals surface area (Å²) < 4.78 is 27.4. The lowest BCUT2D eigenvalue weighted by molar-refractivity contribution is -0.119. The number of nitrogens with one attached hydrogen (secondary N) is 1. The molecule has 1 N–H and O–H groups in total. The molecule has 1 amide bonds. The molecule has 1 heterocycles. The van der Waals surface area contributed by atoms with Crippen molar-refractivity contribution in [2.45, 2.75) is 38.0 Å². The van der Waals surface area contributed by atoms with E-state index in [1.165, 1.54) is 23.9 Å². The first-order valence-electron chi connectivity index (χ1n) is 10.5. The molecule has 0 spiro atoms. The third kappa shape index (κ3) is 6.04. The van der Waals surface area contributed by atoms with E-state index in [1.807, 2.05) is 24.3 Å². The highest BCUT2D eigenvalue weighted by molar-refractivity contribution is 7.92. The second kappa shape index (κ2) is 9.95. The minimum absolute atomic E-state index is 0.0387. The summed E-state index contributed by atoms with van der Waals surface area (Å²) in [5.41, 5.74) is 5.17. The molecule has 7 nitrogen and oxygen atoms in total. The van der Waals surface area contributed by atoms with E-state index in [2.05, 4.69) is 36.3 Å². The number of anilines is 1. The number of sulfonamides is 1. The zero-order valence-corrected chi connectivity index (χ0v) is 20.0. The number of carbonyl (C=O) groups is 1. The van der Waals surface area contributed by atoms with E-state index in [9.17, 15) is 13.2 Å². The van der Waals surface area contributed by atoms with Gasteiger partial charge < -0.3 is 0 Å². The van der Waals surface area contributed by atoms with Gasteiger partial charge in [-0.1, -0.05) is 69.3 Å². The summed E-state index contributed by atoms with van der Waals surface area (Å²) in [7, 11) is -4.00. The molecule has 33 heavy (non-hydrogen) atoms. The molecular formula is C25H28N4O3S. The fraction of sp³-hybridized carbons (Fsp3) is 0.240. The molecule has 0 aliphatic heterocycles. The van der Waals surface area contributed by atoms with Gasteiger partial charge in [0.05, 0.1) is 10.6 Å². The van der Waals surface area contributed by atoms with Gasteiger partial charge in [0.1, 0.15) is 12.4 Å². The highest BCUT2D eigenvalue weighted by Crippen LogP contribution is 2.23. The van der Waals surface area contributed by atoms with Crippen molar-refractivity contribution in [2.75, 3.05) is 10.8 Å². The van der Waals surface area contributed by atoms with Crippen molar-refractivity contribution in [3.8, 4) is 0 Å². The number of amides is 1. The van der Waals surface area contributed by atoms with Gasteiger partial charge in [0.2, 0.25) is 0 Å². The Labute approximate surface area is 195 Å². The number of benzene rings is 2. The Morgan fingerprint density at radius 3 is 2.18 bits per heavy atom. The van der Waals surface area contributed by atoms with Gasteiger partial charge in [-0.2, -0.15) is 5.10 Å². The number of hydrogen-bond acceptors (Lipinski definition) is 5. The molecule has 2 aromatic carbocycles. The number of hydrazone groups is 1. The smallest absolute Gasteiger partial charge is 0.265 e. The molecule has 0 aliphatic carbocycles. The molecule has 3 rings (SSSR count). The van der Waals surface area contributed by atoms with Crippen LogP contribution in [-0.2, 0) is 20.2 Å².